The first-order valence-corrected chi connectivity index (χ1v) is 9.53. The van der Waals surface area contributed by atoms with Crippen LogP contribution in [0.4, 0.5) is 5.69 Å². The molecule has 1 aliphatic heterocycles. The summed E-state index contributed by atoms with van der Waals surface area (Å²) in [5, 5.41) is 8.50. The maximum absolute atomic E-state index is 5.92. The molecule has 0 saturated carbocycles. The summed E-state index contributed by atoms with van der Waals surface area (Å²) in [6.45, 7) is 11.1. The first-order chi connectivity index (χ1) is 13.1. The van der Waals surface area contributed by atoms with Gasteiger partial charge in [-0.15, -0.1) is 10.2 Å². The third kappa shape index (κ3) is 3.88. The summed E-state index contributed by atoms with van der Waals surface area (Å²) in [5.74, 6) is 1.30. The molecule has 0 bridgehead atoms. The van der Waals surface area contributed by atoms with Gasteiger partial charge < -0.3 is 9.32 Å². The number of piperazine rings is 1. The molecule has 27 heavy (non-hydrogen) atoms. The molecule has 5 heteroatoms. The molecule has 1 aromatic heterocycles. The van der Waals surface area contributed by atoms with Crippen LogP contribution in [0.5, 0.6) is 0 Å². The molecule has 0 spiro atoms. The SMILES string of the molecule is Cc1ccc(N2CCN(Cc3nnc(-c4ccccc4C)o3)CC2)c(C)c1. The molecule has 2 heterocycles. The minimum absolute atomic E-state index is 0.608. The van der Waals surface area contributed by atoms with Gasteiger partial charge in [-0.3, -0.25) is 4.90 Å². The predicted molar refractivity (Wildman–Crippen MR) is 108 cm³/mol. The Hall–Kier alpha value is -2.66. The normalized spacial score (nSPS) is 15.3. The molecular weight excluding hydrogens is 336 g/mol. The number of anilines is 1. The summed E-state index contributed by atoms with van der Waals surface area (Å²) in [6, 6.07) is 14.8. The second-order valence-corrected chi connectivity index (χ2v) is 7.37. The van der Waals surface area contributed by atoms with Gasteiger partial charge in [0.05, 0.1) is 6.54 Å². The van der Waals surface area contributed by atoms with E-state index in [2.05, 4.69) is 65.0 Å². The number of aromatic nitrogens is 2. The Balaban J connectivity index is 1.38. The third-order valence-electron chi connectivity index (χ3n) is 5.27. The summed E-state index contributed by atoms with van der Waals surface area (Å²) < 4.78 is 5.92. The molecule has 4 rings (SSSR count). The molecule has 0 amide bonds. The Kier molecular flexibility index (Phi) is 4.94. The monoisotopic (exact) mass is 362 g/mol. The van der Waals surface area contributed by atoms with Crippen molar-refractivity contribution in [3.05, 3.63) is 65.0 Å². The maximum atomic E-state index is 5.92. The molecule has 2 aromatic carbocycles. The molecule has 140 valence electrons. The lowest BCUT2D eigenvalue weighted by Gasteiger charge is -2.36. The minimum Gasteiger partial charge on any atom is -0.419 e. The highest BCUT2D eigenvalue weighted by Gasteiger charge is 2.20. The van der Waals surface area contributed by atoms with E-state index in [-0.39, 0.29) is 0 Å². The number of nitrogens with zero attached hydrogens (tertiary/aromatic N) is 4. The smallest absolute Gasteiger partial charge is 0.248 e. The summed E-state index contributed by atoms with van der Waals surface area (Å²) in [7, 11) is 0. The zero-order chi connectivity index (χ0) is 18.8. The number of hydrogen-bond acceptors (Lipinski definition) is 5. The van der Waals surface area contributed by atoms with Gasteiger partial charge in [-0.05, 0) is 44.0 Å². The van der Waals surface area contributed by atoms with E-state index in [1.54, 1.807) is 0 Å². The van der Waals surface area contributed by atoms with E-state index in [9.17, 15) is 0 Å². The van der Waals surface area contributed by atoms with Crippen LogP contribution >= 0.6 is 0 Å². The zero-order valence-electron chi connectivity index (χ0n) is 16.3. The van der Waals surface area contributed by atoms with E-state index < -0.39 is 0 Å². The molecule has 5 nitrogen and oxygen atoms in total. The molecule has 0 atom stereocenters. The van der Waals surface area contributed by atoms with Crippen LogP contribution in [0.2, 0.25) is 0 Å². The highest BCUT2D eigenvalue weighted by atomic mass is 16.4. The number of hydrogen-bond donors (Lipinski definition) is 0. The summed E-state index contributed by atoms with van der Waals surface area (Å²) in [4.78, 5) is 4.85. The fraction of sp³-hybridized carbons (Fsp3) is 0.364. The van der Waals surface area contributed by atoms with Crippen LogP contribution in [-0.4, -0.2) is 41.3 Å². The van der Waals surface area contributed by atoms with Crippen molar-refractivity contribution >= 4 is 5.69 Å². The largest absolute Gasteiger partial charge is 0.419 e. The number of benzene rings is 2. The lowest BCUT2D eigenvalue weighted by Crippen LogP contribution is -2.46. The van der Waals surface area contributed by atoms with Crippen molar-refractivity contribution in [3.63, 3.8) is 0 Å². The zero-order valence-corrected chi connectivity index (χ0v) is 16.3. The van der Waals surface area contributed by atoms with Crippen LogP contribution in [0.1, 0.15) is 22.6 Å². The van der Waals surface area contributed by atoms with Crippen LogP contribution in [0.15, 0.2) is 46.9 Å². The van der Waals surface area contributed by atoms with E-state index >= 15 is 0 Å². The fourth-order valence-electron chi connectivity index (χ4n) is 3.74. The molecule has 1 saturated heterocycles. The molecule has 1 aliphatic rings. The van der Waals surface area contributed by atoms with Gasteiger partial charge in [0.2, 0.25) is 11.8 Å². The lowest BCUT2D eigenvalue weighted by atomic mass is 10.1. The Morgan fingerprint density at radius 3 is 2.41 bits per heavy atom. The van der Waals surface area contributed by atoms with Crippen molar-refractivity contribution in [2.45, 2.75) is 27.3 Å². The summed E-state index contributed by atoms with van der Waals surface area (Å²) in [6.07, 6.45) is 0. The topological polar surface area (TPSA) is 45.4 Å². The number of aryl methyl sites for hydroxylation is 3. The average molecular weight is 362 g/mol. The van der Waals surface area contributed by atoms with Gasteiger partial charge in [0, 0.05) is 37.4 Å². The quantitative estimate of drug-likeness (QED) is 0.702. The van der Waals surface area contributed by atoms with E-state index in [1.165, 1.54) is 16.8 Å². The summed E-state index contributed by atoms with van der Waals surface area (Å²) >= 11 is 0. The standard InChI is InChI=1S/C22H26N4O/c1-16-8-9-20(18(3)14-16)26-12-10-25(11-13-26)15-21-23-24-22(27-21)19-7-5-4-6-17(19)2/h4-9,14H,10-13,15H2,1-3H3. The summed E-state index contributed by atoms with van der Waals surface area (Å²) in [5.41, 5.74) is 6.17. The molecule has 0 N–H and O–H groups in total. The highest BCUT2D eigenvalue weighted by molar-refractivity contribution is 5.57. The van der Waals surface area contributed by atoms with Gasteiger partial charge in [0.1, 0.15) is 0 Å². The lowest BCUT2D eigenvalue weighted by molar-refractivity contribution is 0.227. The predicted octanol–water partition coefficient (Wildman–Crippen LogP) is 3.98. The van der Waals surface area contributed by atoms with Crippen LogP contribution < -0.4 is 4.90 Å². The van der Waals surface area contributed by atoms with E-state index in [0.29, 0.717) is 18.3 Å². The Bertz CT molecular complexity index is 926. The van der Waals surface area contributed by atoms with Crippen molar-refractivity contribution in [2.24, 2.45) is 0 Å². The van der Waals surface area contributed by atoms with Crippen LogP contribution in [0.3, 0.4) is 0 Å². The third-order valence-corrected chi connectivity index (χ3v) is 5.27. The van der Waals surface area contributed by atoms with E-state index in [1.807, 2.05) is 18.2 Å². The van der Waals surface area contributed by atoms with Crippen LogP contribution in [0, 0.1) is 20.8 Å². The van der Waals surface area contributed by atoms with Crippen molar-refractivity contribution in [1.82, 2.24) is 15.1 Å². The van der Waals surface area contributed by atoms with Gasteiger partial charge in [-0.1, -0.05) is 35.9 Å². The molecule has 0 unspecified atom stereocenters. The van der Waals surface area contributed by atoms with Crippen molar-refractivity contribution in [2.75, 3.05) is 31.1 Å². The Morgan fingerprint density at radius 2 is 1.67 bits per heavy atom. The van der Waals surface area contributed by atoms with Gasteiger partial charge in [0.15, 0.2) is 0 Å². The molecule has 3 aromatic rings. The first-order valence-electron chi connectivity index (χ1n) is 9.53. The number of rotatable bonds is 4. The molecule has 0 radical (unpaired) electrons. The van der Waals surface area contributed by atoms with E-state index in [4.69, 9.17) is 4.42 Å². The minimum atomic E-state index is 0.608. The van der Waals surface area contributed by atoms with Crippen molar-refractivity contribution < 1.29 is 4.42 Å². The first kappa shape index (κ1) is 17.7. The average Bonchev–Trinajstić information content (AvgIpc) is 3.11. The van der Waals surface area contributed by atoms with Crippen molar-refractivity contribution in [1.29, 1.82) is 0 Å². The Morgan fingerprint density at radius 1 is 0.889 bits per heavy atom. The van der Waals surface area contributed by atoms with Gasteiger partial charge in [-0.25, -0.2) is 0 Å². The van der Waals surface area contributed by atoms with Gasteiger partial charge in [-0.2, -0.15) is 0 Å². The van der Waals surface area contributed by atoms with Crippen LogP contribution in [0.25, 0.3) is 11.5 Å². The second kappa shape index (κ2) is 7.53. The van der Waals surface area contributed by atoms with E-state index in [0.717, 1.165) is 37.3 Å². The maximum Gasteiger partial charge on any atom is 0.248 e. The molecule has 0 aliphatic carbocycles. The van der Waals surface area contributed by atoms with Gasteiger partial charge in [0.25, 0.3) is 0 Å². The highest BCUT2D eigenvalue weighted by Crippen LogP contribution is 2.24. The van der Waals surface area contributed by atoms with Gasteiger partial charge >= 0.3 is 0 Å². The molecule has 1 fully saturated rings. The van der Waals surface area contributed by atoms with Crippen LogP contribution in [-0.2, 0) is 6.54 Å². The van der Waals surface area contributed by atoms with Crippen molar-refractivity contribution in [3.8, 4) is 11.5 Å². The fourth-order valence-corrected chi connectivity index (χ4v) is 3.74. The second-order valence-electron chi connectivity index (χ2n) is 7.37. The Labute approximate surface area is 160 Å². The molecular formula is C22H26N4O.